The summed E-state index contributed by atoms with van der Waals surface area (Å²) in [5, 5.41) is 7.05. The Hall–Kier alpha value is -3.28. The Morgan fingerprint density at radius 1 is 1.39 bits per heavy atom. The SMILES string of the molecule is C=C/C=C(\C=C)C(NC(=C)C1CCCN1C(=C)C/C(N)=N/N)c1ccc(CC)c(F)c1. The monoisotopic (exact) mass is 423 g/mol. The van der Waals surface area contributed by atoms with E-state index in [0.717, 1.165) is 41.9 Å². The first-order chi connectivity index (χ1) is 14.9. The standard InChI is InChI=1S/C25H34FN5/c1-6-10-20(8-3)25(21-13-12-19(7-2)22(26)16-21)29-18(5)23-11-9-14-31(23)17(4)15-24(27)30-28/h6,8,10,12-13,16,23,25,29H,1,3-5,7,9,11,14-15,28H2,2H3,(H2,27,30)/b20-10+. The van der Waals surface area contributed by atoms with Crippen LogP contribution in [-0.2, 0) is 6.42 Å². The van der Waals surface area contributed by atoms with Gasteiger partial charge in [-0.25, -0.2) is 4.39 Å². The molecule has 2 rings (SSSR count). The molecule has 31 heavy (non-hydrogen) atoms. The topological polar surface area (TPSA) is 79.7 Å². The van der Waals surface area contributed by atoms with Gasteiger partial charge >= 0.3 is 0 Å². The number of nitrogens with one attached hydrogen (secondary N) is 1. The van der Waals surface area contributed by atoms with Gasteiger partial charge in [-0.3, -0.25) is 0 Å². The number of nitrogens with two attached hydrogens (primary N) is 2. The maximum Gasteiger partial charge on any atom is 0.126 e. The van der Waals surface area contributed by atoms with Crippen LogP contribution in [0.15, 0.2) is 84.8 Å². The first kappa shape index (κ1) is 24.0. The van der Waals surface area contributed by atoms with Crippen LogP contribution in [-0.4, -0.2) is 23.3 Å². The molecule has 6 heteroatoms. The fraction of sp³-hybridized carbons (Fsp3) is 0.320. The Balaban J connectivity index is 2.31. The van der Waals surface area contributed by atoms with E-state index in [0.29, 0.717) is 24.2 Å². The molecule has 5 nitrogen and oxygen atoms in total. The quantitative estimate of drug-likeness (QED) is 0.162. The van der Waals surface area contributed by atoms with Gasteiger partial charge in [0.05, 0.1) is 12.1 Å². The predicted molar refractivity (Wildman–Crippen MR) is 129 cm³/mol. The number of aryl methyl sites for hydroxylation is 1. The summed E-state index contributed by atoms with van der Waals surface area (Å²) in [4.78, 5) is 2.18. The first-order valence-electron chi connectivity index (χ1n) is 10.5. The summed E-state index contributed by atoms with van der Waals surface area (Å²) in [5.74, 6) is 5.39. The number of hydrogen-bond donors (Lipinski definition) is 3. The molecule has 2 unspecified atom stereocenters. The molecule has 1 saturated heterocycles. The van der Waals surface area contributed by atoms with Crippen molar-refractivity contribution in [3.63, 3.8) is 0 Å². The van der Waals surface area contributed by atoms with Crippen LogP contribution < -0.4 is 16.9 Å². The van der Waals surface area contributed by atoms with Crippen molar-refractivity contribution < 1.29 is 4.39 Å². The van der Waals surface area contributed by atoms with E-state index in [1.165, 1.54) is 0 Å². The van der Waals surface area contributed by atoms with E-state index in [1.54, 1.807) is 18.2 Å². The van der Waals surface area contributed by atoms with E-state index >= 15 is 0 Å². The zero-order valence-electron chi connectivity index (χ0n) is 18.4. The molecule has 166 valence electrons. The molecule has 0 aromatic heterocycles. The third-order valence-corrected chi connectivity index (χ3v) is 5.61. The molecule has 0 radical (unpaired) electrons. The molecule has 0 aliphatic carbocycles. The number of benzene rings is 1. The van der Waals surface area contributed by atoms with Crippen LogP contribution in [0.3, 0.4) is 0 Å². The third kappa shape index (κ3) is 5.87. The second-order valence-corrected chi connectivity index (χ2v) is 7.63. The summed E-state index contributed by atoms with van der Waals surface area (Å²) in [6.45, 7) is 19.0. The fourth-order valence-corrected chi connectivity index (χ4v) is 3.95. The van der Waals surface area contributed by atoms with Gasteiger partial charge in [0.2, 0.25) is 0 Å². The van der Waals surface area contributed by atoms with Gasteiger partial charge in [0.15, 0.2) is 0 Å². The number of hydrogen-bond acceptors (Lipinski definition) is 4. The molecular formula is C25H34FN5. The number of allylic oxidation sites excluding steroid dienone is 2. The fourth-order valence-electron chi connectivity index (χ4n) is 3.95. The Kier molecular flexibility index (Phi) is 8.67. The molecule has 1 aromatic carbocycles. The summed E-state index contributed by atoms with van der Waals surface area (Å²) < 4.78 is 14.6. The highest BCUT2D eigenvalue weighted by Crippen LogP contribution is 2.31. The minimum atomic E-state index is -0.310. The predicted octanol–water partition coefficient (Wildman–Crippen LogP) is 4.43. The lowest BCUT2D eigenvalue weighted by Crippen LogP contribution is -2.37. The van der Waals surface area contributed by atoms with Crippen molar-refractivity contribution >= 4 is 5.84 Å². The van der Waals surface area contributed by atoms with Crippen molar-refractivity contribution in [1.82, 2.24) is 10.2 Å². The van der Waals surface area contributed by atoms with Crippen LogP contribution >= 0.6 is 0 Å². The molecule has 1 fully saturated rings. The minimum Gasteiger partial charge on any atom is -0.385 e. The smallest absolute Gasteiger partial charge is 0.126 e. The summed E-state index contributed by atoms with van der Waals surface area (Å²) >= 11 is 0. The molecule has 5 N–H and O–H groups in total. The van der Waals surface area contributed by atoms with Gasteiger partial charge in [-0.15, -0.1) is 0 Å². The number of likely N-dealkylation sites (tertiary alicyclic amines) is 1. The summed E-state index contributed by atoms with van der Waals surface area (Å²) in [5.41, 5.74) is 9.81. The zero-order chi connectivity index (χ0) is 23.0. The minimum absolute atomic E-state index is 0.0372. The molecule has 1 heterocycles. The van der Waals surface area contributed by atoms with Gasteiger partial charge < -0.3 is 21.8 Å². The van der Waals surface area contributed by atoms with E-state index < -0.39 is 0 Å². The molecule has 1 aliphatic heterocycles. The van der Waals surface area contributed by atoms with E-state index in [1.807, 2.05) is 25.1 Å². The summed E-state index contributed by atoms with van der Waals surface area (Å²) in [6, 6.07) is 5.07. The highest BCUT2D eigenvalue weighted by atomic mass is 19.1. The molecule has 2 atom stereocenters. The number of halogens is 1. The lowest BCUT2D eigenvalue weighted by molar-refractivity contribution is 0.337. The normalized spacial score (nSPS) is 17.9. The number of nitrogens with zero attached hydrogens (tertiary/aromatic N) is 2. The Morgan fingerprint density at radius 3 is 2.71 bits per heavy atom. The van der Waals surface area contributed by atoms with E-state index in [2.05, 4.69) is 41.6 Å². The van der Waals surface area contributed by atoms with Crippen molar-refractivity contribution in [3.8, 4) is 0 Å². The molecule has 1 aliphatic rings. The largest absolute Gasteiger partial charge is 0.385 e. The molecule has 1 aromatic rings. The second-order valence-electron chi connectivity index (χ2n) is 7.63. The highest BCUT2D eigenvalue weighted by Gasteiger charge is 2.29. The summed E-state index contributed by atoms with van der Waals surface area (Å²) in [7, 11) is 0. The average molecular weight is 424 g/mol. The highest BCUT2D eigenvalue weighted by molar-refractivity contribution is 5.82. The average Bonchev–Trinajstić information content (AvgIpc) is 3.26. The van der Waals surface area contributed by atoms with E-state index in [9.17, 15) is 4.39 Å². The lowest BCUT2D eigenvalue weighted by Gasteiger charge is -2.33. The number of hydrazone groups is 1. The van der Waals surface area contributed by atoms with Crippen molar-refractivity contribution in [2.45, 2.75) is 44.7 Å². The molecule has 0 amide bonds. The maximum atomic E-state index is 14.6. The summed E-state index contributed by atoms with van der Waals surface area (Å²) in [6.07, 6.45) is 8.30. The Labute approximate surface area is 185 Å². The van der Waals surface area contributed by atoms with Gasteiger partial charge in [0.1, 0.15) is 11.7 Å². The van der Waals surface area contributed by atoms with Crippen LogP contribution in [0, 0.1) is 5.82 Å². The van der Waals surface area contributed by atoms with Gasteiger partial charge in [-0.05, 0) is 42.0 Å². The Bertz CT molecular complexity index is 899. The van der Waals surface area contributed by atoms with Gasteiger partial charge in [0.25, 0.3) is 0 Å². The van der Waals surface area contributed by atoms with Gasteiger partial charge in [-0.1, -0.05) is 63.6 Å². The van der Waals surface area contributed by atoms with Crippen molar-refractivity contribution in [3.05, 3.63) is 96.7 Å². The Morgan fingerprint density at radius 2 is 2.13 bits per heavy atom. The van der Waals surface area contributed by atoms with Crippen molar-refractivity contribution in [2.75, 3.05) is 6.54 Å². The van der Waals surface area contributed by atoms with Crippen molar-refractivity contribution in [1.29, 1.82) is 0 Å². The van der Waals surface area contributed by atoms with Gasteiger partial charge in [0, 0.05) is 24.4 Å². The van der Waals surface area contributed by atoms with Crippen LogP contribution in [0.2, 0.25) is 0 Å². The molecule has 0 spiro atoms. The van der Waals surface area contributed by atoms with E-state index in [-0.39, 0.29) is 17.9 Å². The lowest BCUT2D eigenvalue weighted by atomic mass is 9.95. The molecule has 0 saturated carbocycles. The van der Waals surface area contributed by atoms with E-state index in [4.69, 9.17) is 11.6 Å². The van der Waals surface area contributed by atoms with Gasteiger partial charge in [-0.2, -0.15) is 5.10 Å². The first-order valence-corrected chi connectivity index (χ1v) is 10.5. The zero-order valence-corrected chi connectivity index (χ0v) is 18.4. The van der Waals surface area contributed by atoms with Crippen LogP contribution in [0.5, 0.6) is 0 Å². The molecular weight excluding hydrogens is 389 g/mol. The van der Waals surface area contributed by atoms with Crippen LogP contribution in [0.4, 0.5) is 4.39 Å². The molecule has 0 bridgehead atoms. The third-order valence-electron chi connectivity index (χ3n) is 5.61. The van der Waals surface area contributed by atoms with Crippen LogP contribution in [0.1, 0.15) is 43.4 Å². The second kappa shape index (κ2) is 11.2. The maximum absolute atomic E-state index is 14.6. The number of amidine groups is 1. The number of rotatable bonds is 11. The van der Waals surface area contributed by atoms with Crippen LogP contribution in [0.25, 0.3) is 0 Å². The van der Waals surface area contributed by atoms with Crippen molar-refractivity contribution in [2.24, 2.45) is 16.7 Å².